The molecule has 0 N–H and O–H groups in total. The van der Waals surface area contributed by atoms with Crippen LogP contribution in [0.1, 0.15) is 10.4 Å². The first kappa shape index (κ1) is 12.9. The molecule has 0 aliphatic rings. The largest absolute Gasteiger partial charge is 0.545 e. The van der Waals surface area contributed by atoms with Crippen LogP contribution in [0.25, 0.3) is 11.3 Å². The van der Waals surface area contributed by atoms with Crippen molar-refractivity contribution >= 4 is 29.3 Å². The Labute approximate surface area is 114 Å². The molecule has 0 amide bonds. The van der Waals surface area contributed by atoms with Gasteiger partial charge in [-0.1, -0.05) is 23.7 Å². The molecular formula is C13H9ClNO2S-. The Bertz CT molecular complexity index is 584. The zero-order valence-electron chi connectivity index (χ0n) is 9.51. The molecule has 0 radical (unpaired) electrons. The molecule has 1 aromatic heterocycles. The van der Waals surface area contributed by atoms with Crippen LogP contribution in [0.5, 0.6) is 0 Å². The number of benzene rings is 1. The minimum absolute atomic E-state index is 0.0542. The topological polar surface area (TPSA) is 53.0 Å². The molecule has 0 saturated carbocycles. The van der Waals surface area contributed by atoms with E-state index in [-0.39, 0.29) is 10.7 Å². The van der Waals surface area contributed by atoms with Crippen molar-refractivity contribution < 1.29 is 9.90 Å². The van der Waals surface area contributed by atoms with Crippen LogP contribution in [0.2, 0.25) is 5.15 Å². The number of carbonyl (C=O) groups is 1. The van der Waals surface area contributed by atoms with E-state index in [1.54, 1.807) is 17.8 Å². The van der Waals surface area contributed by atoms with Crippen LogP contribution in [0.4, 0.5) is 0 Å². The number of pyridine rings is 1. The van der Waals surface area contributed by atoms with E-state index >= 15 is 0 Å². The monoisotopic (exact) mass is 278 g/mol. The Balaban J connectivity index is 2.39. The molecule has 0 saturated heterocycles. The first-order valence-corrected chi connectivity index (χ1v) is 6.74. The fraction of sp³-hybridized carbons (Fsp3) is 0.0769. The highest BCUT2D eigenvalue weighted by Gasteiger charge is 2.06. The van der Waals surface area contributed by atoms with Crippen molar-refractivity contribution in [3.05, 3.63) is 47.1 Å². The number of hydrogen-bond donors (Lipinski definition) is 0. The highest BCUT2D eigenvalue weighted by atomic mass is 35.5. The van der Waals surface area contributed by atoms with E-state index in [1.807, 2.05) is 30.5 Å². The van der Waals surface area contributed by atoms with Gasteiger partial charge in [-0.15, -0.1) is 11.8 Å². The van der Waals surface area contributed by atoms with E-state index in [0.717, 1.165) is 10.5 Å². The van der Waals surface area contributed by atoms with Crippen LogP contribution in [0.15, 0.2) is 41.3 Å². The second-order valence-electron chi connectivity index (χ2n) is 3.55. The van der Waals surface area contributed by atoms with Crippen LogP contribution in [-0.2, 0) is 0 Å². The summed E-state index contributed by atoms with van der Waals surface area (Å²) in [5, 5.41) is 10.7. The summed E-state index contributed by atoms with van der Waals surface area (Å²) >= 11 is 7.45. The lowest BCUT2D eigenvalue weighted by atomic mass is 10.1. The van der Waals surface area contributed by atoms with Gasteiger partial charge in [0.15, 0.2) is 0 Å². The zero-order valence-corrected chi connectivity index (χ0v) is 11.1. The summed E-state index contributed by atoms with van der Waals surface area (Å²) < 4.78 is 0. The van der Waals surface area contributed by atoms with Gasteiger partial charge in [-0.05, 0) is 30.5 Å². The van der Waals surface area contributed by atoms with E-state index in [9.17, 15) is 9.90 Å². The first-order chi connectivity index (χ1) is 8.61. The molecule has 18 heavy (non-hydrogen) atoms. The number of carbonyl (C=O) groups excluding carboxylic acids is 1. The lowest BCUT2D eigenvalue weighted by Crippen LogP contribution is -2.22. The lowest BCUT2D eigenvalue weighted by Gasteiger charge is -2.07. The van der Waals surface area contributed by atoms with Crippen molar-refractivity contribution in [3.63, 3.8) is 0 Å². The third-order valence-electron chi connectivity index (χ3n) is 2.45. The van der Waals surface area contributed by atoms with Gasteiger partial charge in [0.25, 0.3) is 0 Å². The number of aromatic nitrogens is 1. The molecule has 1 heterocycles. The molecule has 92 valence electrons. The van der Waals surface area contributed by atoms with Crippen molar-refractivity contribution in [2.45, 2.75) is 4.90 Å². The standard InChI is InChI=1S/C13H10ClNO2S/c1-18-9-4-2-8(3-5-9)11-7-6-10(13(16)17)12(14)15-11/h2-7H,1H3,(H,16,17)/p-1. The number of halogens is 1. The van der Waals surface area contributed by atoms with Gasteiger partial charge in [0.05, 0.1) is 11.7 Å². The Morgan fingerprint density at radius 3 is 2.39 bits per heavy atom. The Morgan fingerprint density at radius 2 is 1.89 bits per heavy atom. The van der Waals surface area contributed by atoms with Gasteiger partial charge in [0, 0.05) is 16.0 Å². The van der Waals surface area contributed by atoms with Crippen LogP contribution >= 0.6 is 23.4 Å². The molecule has 1 aromatic carbocycles. The smallest absolute Gasteiger partial charge is 0.138 e. The number of hydrogen-bond acceptors (Lipinski definition) is 4. The molecule has 0 fully saturated rings. The Hall–Kier alpha value is -1.52. The van der Waals surface area contributed by atoms with Gasteiger partial charge in [-0.2, -0.15) is 0 Å². The predicted octanol–water partition coefficient (Wildman–Crippen LogP) is 2.49. The van der Waals surface area contributed by atoms with E-state index in [0.29, 0.717) is 5.69 Å². The number of thioether (sulfide) groups is 1. The molecular weight excluding hydrogens is 270 g/mol. The summed E-state index contributed by atoms with van der Waals surface area (Å²) in [6, 6.07) is 10.8. The number of carboxylic acid groups (broad SMARTS) is 1. The third-order valence-corrected chi connectivity index (χ3v) is 3.49. The highest BCUT2D eigenvalue weighted by Crippen LogP contribution is 2.24. The molecule has 0 bridgehead atoms. The van der Waals surface area contributed by atoms with Crippen molar-refractivity contribution in [2.24, 2.45) is 0 Å². The average molecular weight is 279 g/mol. The van der Waals surface area contributed by atoms with Crippen LogP contribution in [0, 0.1) is 0 Å². The molecule has 0 unspecified atom stereocenters. The maximum Gasteiger partial charge on any atom is 0.138 e. The number of nitrogens with zero attached hydrogens (tertiary/aromatic N) is 1. The summed E-state index contributed by atoms with van der Waals surface area (Å²) in [6.45, 7) is 0. The number of carboxylic acids is 1. The molecule has 0 atom stereocenters. The maximum atomic E-state index is 10.7. The first-order valence-electron chi connectivity index (χ1n) is 5.14. The maximum absolute atomic E-state index is 10.7. The van der Waals surface area contributed by atoms with Crippen molar-refractivity contribution in [2.75, 3.05) is 6.26 Å². The van der Waals surface area contributed by atoms with Gasteiger partial charge in [0.2, 0.25) is 0 Å². The van der Waals surface area contributed by atoms with Crippen LogP contribution < -0.4 is 5.11 Å². The van der Waals surface area contributed by atoms with Crippen LogP contribution in [-0.4, -0.2) is 17.2 Å². The predicted molar refractivity (Wildman–Crippen MR) is 70.8 cm³/mol. The summed E-state index contributed by atoms with van der Waals surface area (Å²) in [6.07, 6.45) is 2.00. The number of rotatable bonds is 3. The molecule has 5 heteroatoms. The highest BCUT2D eigenvalue weighted by molar-refractivity contribution is 7.98. The van der Waals surface area contributed by atoms with Gasteiger partial charge in [0.1, 0.15) is 5.15 Å². The van der Waals surface area contributed by atoms with E-state index in [2.05, 4.69) is 4.98 Å². The minimum Gasteiger partial charge on any atom is -0.545 e. The van der Waals surface area contributed by atoms with E-state index in [1.165, 1.54) is 6.07 Å². The molecule has 0 aliphatic heterocycles. The Kier molecular flexibility index (Phi) is 3.89. The van der Waals surface area contributed by atoms with Gasteiger partial charge in [-0.3, -0.25) is 0 Å². The summed E-state index contributed by atoms with van der Waals surface area (Å²) in [4.78, 5) is 15.9. The SMILES string of the molecule is CSc1ccc(-c2ccc(C(=O)[O-])c(Cl)n2)cc1. The van der Waals surface area contributed by atoms with Crippen molar-refractivity contribution in [3.8, 4) is 11.3 Å². The van der Waals surface area contributed by atoms with Gasteiger partial charge in [-0.25, -0.2) is 4.98 Å². The minimum atomic E-state index is -1.32. The summed E-state index contributed by atoms with van der Waals surface area (Å²) in [7, 11) is 0. The van der Waals surface area contributed by atoms with Gasteiger partial charge < -0.3 is 9.90 Å². The second-order valence-corrected chi connectivity index (χ2v) is 4.79. The lowest BCUT2D eigenvalue weighted by molar-refractivity contribution is -0.255. The molecule has 0 spiro atoms. The van der Waals surface area contributed by atoms with E-state index in [4.69, 9.17) is 11.6 Å². The normalized spacial score (nSPS) is 10.3. The molecule has 2 rings (SSSR count). The average Bonchev–Trinajstić information content (AvgIpc) is 2.38. The Morgan fingerprint density at radius 1 is 1.22 bits per heavy atom. The molecule has 3 nitrogen and oxygen atoms in total. The third kappa shape index (κ3) is 2.66. The molecule has 0 aliphatic carbocycles. The zero-order chi connectivity index (χ0) is 13.1. The van der Waals surface area contributed by atoms with E-state index < -0.39 is 5.97 Å². The van der Waals surface area contributed by atoms with Crippen molar-refractivity contribution in [1.82, 2.24) is 4.98 Å². The van der Waals surface area contributed by atoms with Crippen LogP contribution in [0.3, 0.4) is 0 Å². The molecule has 2 aromatic rings. The fourth-order valence-corrected chi connectivity index (χ4v) is 2.15. The van der Waals surface area contributed by atoms with Gasteiger partial charge >= 0.3 is 0 Å². The second kappa shape index (κ2) is 5.42. The summed E-state index contributed by atoms with van der Waals surface area (Å²) in [5.74, 6) is -1.32. The number of aromatic carboxylic acids is 1. The quantitative estimate of drug-likeness (QED) is 0.639. The fourth-order valence-electron chi connectivity index (χ4n) is 1.51. The van der Waals surface area contributed by atoms with Crippen molar-refractivity contribution in [1.29, 1.82) is 0 Å². The summed E-state index contributed by atoms with van der Waals surface area (Å²) in [5.41, 5.74) is 1.43.